The predicted octanol–water partition coefficient (Wildman–Crippen LogP) is 1.12. The maximum Gasteiger partial charge on any atom is 0.254 e. The van der Waals surface area contributed by atoms with Crippen molar-refractivity contribution in [2.24, 2.45) is 0 Å². The van der Waals surface area contributed by atoms with Crippen molar-refractivity contribution in [1.29, 1.82) is 0 Å². The number of carbonyl (C=O) groups excluding carboxylic acids is 1. The van der Waals surface area contributed by atoms with E-state index < -0.39 is 17.7 Å². The summed E-state index contributed by atoms with van der Waals surface area (Å²) in [6, 6.07) is 4.95. The third-order valence-corrected chi connectivity index (χ3v) is 6.66. The maximum atomic E-state index is 13.6. The van der Waals surface area contributed by atoms with E-state index in [9.17, 15) is 15.0 Å². The number of hydrogen-bond acceptors (Lipinski definition) is 9. The fraction of sp³-hybridized carbons (Fsp3) is 0.435. The number of imidazole rings is 2. The summed E-state index contributed by atoms with van der Waals surface area (Å²) < 4.78 is 3.69. The van der Waals surface area contributed by atoms with Crippen LogP contribution in [0.5, 0.6) is 0 Å². The van der Waals surface area contributed by atoms with Crippen LogP contribution in [-0.4, -0.2) is 74.9 Å². The first-order valence-electron chi connectivity index (χ1n) is 11.5. The zero-order chi connectivity index (χ0) is 25.1. The third-order valence-electron chi connectivity index (χ3n) is 6.66. The molecule has 0 saturated carbocycles. The fourth-order valence-corrected chi connectivity index (χ4v) is 4.91. The number of benzene rings is 1. The number of aliphatic hydroxyl groups is 2. The van der Waals surface area contributed by atoms with Gasteiger partial charge in [-0.25, -0.2) is 9.97 Å². The number of nitrogens with zero attached hydrogens (tertiary/aromatic N) is 7. The van der Waals surface area contributed by atoms with Crippen LogP contribution in [0.25, 0.3) is 22.2 Å². The minimum atomic E-state index is -1.38. The molecule has 1 aromatic carbocycles. The Labute approximate surface area is 201 Å². The molecule has 4 aromatic rings. The van der Waals surface area contributed by atoms with Crippen molar-refractivity contribution in [3.63, 3.8) is 0 Å². The number of rotatable bonds is 3. The molecule has 1 aliphatic heterocycles. The number of hydrogen-bond donors (Lipinski definition) is 4. The van der Waals surface area contributed by atoms with E-state index in [1.54, 1.807) is 30.0 Å². The van der Waals surface area contributed by atoms with Gasteiger partial charge in [-0.1, -0.05) is 0 Å². The molecule has 6 N–H and O–H groups in total. The molecule has 1 saturated heterocycles. The Hall–Kier alpha value is -3.77. The van der Waals surface area contributed by atoms with E-state index in [1.165, 1.54) is 11.2 Å². The number of aliphatic hydroxyl groups excluding tert-OH is 1. The molecule has 0 spiro atoms. The Kier molecular flexibility index (Phi) is 5.37. The van der Waals surface area contributed by atoms with Crippen molar-refractivity contribution in [2.45, 2.75) is 51.0 Å². The van der Waals surface area contributed by atoms with Crippen LogP contribution in [0.4, 0.5) is 11.8 Å². The summed E-state index contributed by atoms with van der Waals surface area (Å²) in [4.78, 5) is 32.1. The van der Waals surface area contributed by atoms with Gasteiger partial charge in [-0.2, -0.15) is 9.97 Å². The van der Waals surface area contributed by atoms with Crippen LogP contribution in [0, 0.1) is 0 Å². The van der Waals surface area contributed by atoms with Crippen molar-refractivity contribution in [3.05, 3.63) is 36.4 Å². The summed E-state index contributed by atoms with van der Waals surface area (Å²) in [5.74, 6) is -0.167. The summed E-state index contributed by atoms with van der Waals surface area (Å²) in [7, 11) is 0. The van der Waals surface area contributed by atoms with Crippen LogP contribution in [0.1, 0.15) is 49.6 Å². The molecule has 3 aromatic heterocycles. The monoisotopic (exact) mass is 479 g/mol. The molecule has 1 amide bonds. The molecule has 5 rings (SSSR count). The number of aromatic nitrogens is 6. The van der Waals surface area contributed by atoms with Gasteiger partial charge in [-0.3, -0.25) is 4.79 Å². The highest BCUT2D eigenvalue weighted by molar-refractivity contribution is 5.97. The molecule has 3 atom stereocenters. The van der Waals surface area contributed by atoms with E-state index in [0.29, 0.717) is 22.2 Å². The number of amides is 1. The molecule has 0 radical (unpaired) electrons. The van der Waals surface area contributed by atoms with Crippen LogP contribution < -0.4 is 11.5 Å². The summed E-state index contributed by atoms with van der Waals surface area (Å²) in [5.41, 5.74) is 13.2. The molecular weight excluding hydrogens is 450 g/mol. The normalized spacial score (nSPS) is 23.3. The molecule has 0 aliphatic carbocycles. The summed E-state index contributed by atoms with van der Waals surface area (Å²) in [5, 5.41) is 22.0. The molecule has 12 heteroatoms. The highest BCUT2D eigenvalue weighted by Crippen LogP contribution is 2.35. The zero-order valence-corrected chi connectivity index (χ0v) is 19.8. The van der Waals surface area contributed by atoms with E-state index >= 15 is 0 Å². The standard InChI is InChI=1S/C23H29N9O3/c1-12(2)31-10-26-15-6-13(4-5-16(15)31)21(34)30-8-14(33)7-23(3,35)17(9-30)32-11-27-18-19(24)28-22(25)29-20(18)32/h4-6,10-12,14,17,33,35H,7-9H2,1-3H3,(H4,24,25,28,29)/t14-,17+,23+/m0/s1. The lowest BCUT2D eigenvalue weighted by Crippen LogP contribution is -2.42. The van der Waals surface area contributed by atoms with Crippen molar-refractivity contribution < 1.29 is 15.0 Å². The largest absolute Gasteiger partial charge is 0.391 e. The Balaban J connectivity index is 1.53. The molecule has 35 heavy (non-hydrogen) atoms. The predicted molar refractivity (Wildman–Crippen MR) is 130 cm³/mol. The third kappa shape index (κ3) is 3.94. The number of likely N-dealkylation sites (tertiary alicyclic amines) is 1. The number of nitrogens with two attached hydrogens (primary N) is 2. The van der Waals surface area contributed by atoms with Crippen LogP contribution in [-0.2, 0) is 0 Å². The molecule has 1 aliphatic rings. The average molecular weight is 480 g/mol. The second kappa shape index (κ2) is 8.17. The quantitative estimate of drug-likeness (QED) is 0.335. The van der Waals surface area contributed by atoms with Gasteiger partial charge in [0, 0.05) is 31.1 Å². The summed E-state index contributed by atoms with van der Waals surface area (Å²) >= 11 is 0. The van der Waals surface area contributed by atoms with Crippen LogP contribution in [0.2, 0.25) is 0 Å². The van der Waals surface area contributed by atoms with Gasteiger partial charge >= 0.3 is 0 Å². The Morgan fingerprint density at radius 1 is 1.17 bits per heavy atom. The summed E-state index contributed by atoms with van der Waals surface area (Å²) in [6.07, 6.45) is 2.38. The van der Waals surface area contributed by atoms with Gasteiger partial charge in [0.15, 0.2) is 11.5 Å². The zero-order valence-electron chi connectivity index (χ0n) is 19.8. The number of nitrogen functional groups attached to an aromatic ring is 2. The van der Waals surface area contributed by atoms with Gasteiger partial charge in [0.2, 0.25) is 5.95 Å². The topological polar surface area (TPSA) is 174 Å². The molecule has 184 valence electrons. The number of fused-ring (bicyclic) bond motifs is 2. The van der Waals surface area contributed by atoms with Crippen LogP contribution in [0.3, 0.4) is 0 Å². The van der Waals surface area contributed by atoms with Crippen molar-refractivity contribution >= 4 is 39.9 Å². The Morgan fingerprint density at radius 3 is 2.69 bits per heavy atom. The minimum absolute atomic E-state index is 0.0212. The SMILES string of the molecule is CC(C)n1cnc2cc(C(=O)N3C[C@@H](O)C[C@@](C)(O)[C@H](n4cnc5c(N)nc(N)nc54)C3)ccc21. The van der Waals surface area contributed by atoms with E-state index in [4.69, 9.17) is 11.5 Å². The first kappa shape index (κ1) is 23.0. The first-order chi connectivity index (χ1) is 16.5. The molecule has 0 unspecified atom stereocenters. The molecule has 1 fully saturated rings. The van der Waals surface area contributed by atoms with E-state index in [-0.39, 0.29) is 43.2 Å². The molecule has 12 nitrogen and oxygen atoms in total. The second-order valence-corrected chi connectivity index (χ2v) is 9.68. The van der Waals surface area contributed by atoms with Gasteiger partial charge in [0.1, 0.15) is 5.52 Å². The molecule has 0 bridgehead atoms. The molecule has 4 heterocycles. The number of carbonyl (C=O) groups is 1. The van der Waals surface area contributed by atoms with E-state index in [1.807, 2.05) is 10.6 Å². The highest BCUT2D eigenvalue weighted by Gasteiger charge is 2.42. The van der Waals surface area contributed by atoms with Crippen molar-refractivity contribution in [1.82, 2.24) is 34.0 Å². The van der Waals surface area contributed by atoms with Crippen molar-refractivity contribution in [2.75, 3.05) is 24.6 Å². The van der Waals surface area contributed by atoms with Gasteiger partial charge in [-0.05, 0) is 39.0 Å². The van der Waals surface area contributed by atoms with E-state index in [2.05, 4.69) is 33.8 Å². The van der Waals surface area contributed by atoms with Gasteiger partial charge < -0.3 is 35.7 Å². The van der Waals surface area contributed by atoms with Crippen molar-refractivity contribution in [3.8, 4) is 0 Å². The number of β-amino-alcohol motifs (C(OH)–C–C–N with tert-alkyl or cyclic N) is 1. The molecular formula is C23H29N9O3. The van der Waals surface area contributed by atoms with Crippen LogP contribution >= 0.6 is 0 Å². The average Bonchev–Trinajstić information content (AvgIpc) is 3.36. The van der Waals surface area contributed by atoms with E-state index in [0.717, 1.165) is 5.52 Å². The van der Waals surface area contributed by atoms with Gasteiger partial charge in [0.05, 0.1) is 41.4 Å². The lowest BCUT2D eigenvalue weighted by molar-refractivity contribution is -0.0217. The first-order valence-corrected chi connectivity index (χ1v) is 11.5. The van der Waals surface area contributed by atoms with Gasteiger partial charge in [-0.15, -0.1) is 0 Å². The Morgan fingerprint density at radius 2 is 1.94 bits per heavy atom. The maximum absolute atomic E-state index is 13.6. The smallest absolute Gasteiger partial charge is 0.254 e. The fourth-order valence-electron chi connectivity index (χ4n) is 4.91. The lowest BCUT2D eigenvalue weighted by Gasteiger charge is -2.34. The Bertz CT molecular complexity index is 1420. The minimum Gasteiger partial charge on any atom is -0.391 e. The second-order valence-electron chi connectivity index (χ2n) is 9.68. The lowest BCUT2D eigenvalue weighted by atomic mass is 9.91. The highest BCUT2D eigenvalue weighted by atomic mass is 16.3. The summed E-state index contributed by atoms with van der Waals surface area (Å²) in [6.45, 7) is 5.93. The van der Waals surface area contributed by atoms with Crippen LogP contribution in [0.15, 0.2) is 30.9 Å². The van der Waals surface area contributed by atoms with Gasteiger partial charge in [0.25, 0.3) is 5.91 Å². The number of anilines is 2.